The Labute approximate surface area is 122 Å². The lowest BCUT2D eigenvalue weighted by Crippen LogP contribution is -2.41. The Hall–Kier alpha value is -1.11. The van der Waals surface area contributed by atoms with E-state index in [4.69, 9.17) is 5.73 Å². The molecule has 1 aliphatic rings. The van der Waals surface area contributed by atoms with Crippen molar-refractivity contribution in [3.05, 3.63) is 22.4 Å². The van der Waals surface area contributed by atoms with E-state index in [9.17, 15) is 9.59 Å². The number of carbonyl (C=O) groups is 2. The summed E-state index contributed by atoms with van der Waals surface area (Å²) in [5, 5.41) is 4.54. The van der Waals surface area contributed by atoms with Crippen LogP contribution in [0.1, 0.15) is 23.8 Å². The van der Waals surface area contributed by atoms with Crippen molar-refractivity contribution in [2.45, 2.75) is 18.9 Å². The van der Waals surface area contributed by atoms with E-state index in [0.29, 0.717) is 0 Å². The van der Waals surface area contributed by atoms with Gasteiger partial charge in [0.1, 0.15) is 0 Å². The predicted octanol–water partition coefficient (Wildman–Crippen LogP) is 0.908. The van der Waals surface area contributed by atoms with Gasteiger partial charge in [-0.25, -0.2) is 0 Å². The van der Waals surface area contributed by atoms with Gasteiger partial charge in [0.2, 0.25) is 11.8 Å². The van der Waals surface area contributed by atoms with Crippen molar-refractivity contribution < 1.29 is 9.59 Å². The highest BCUT2D eigenvalue weighted by atomic mass is 35.5. The molecule has 0 radical (unpaired) electrons. The maximum absolute atomic E-state index is 12.0. The summed E-state index contributed by atoms with van der Waals surface area (Å²) in [4.78, 5) is 26.1. The number of thiophene rings is 1. The number of nitrogens with two attached hydrogens (primary N) is 1. The summed E-state index contributed by atoms with van der Waals surface area (Å²) in [5.41, 5.74) is 5.18. The highest BCUT2D eigenvalue weighted by molar-refractivity contribution is 7.10. The van der Waals surface area contributed by atoms with Crippen LogP contribution in [-0.2, 0) is 9.59 Å². The third-order valence-corrected chi connectivity index (χ3v) is 4.04. The number of likely N-dealkylation sites (tertiary alicyclic amines) is 1. The molecule has 0 spiro atoms. The van der Waals surface area contributed by atoms with Crippen molar-refractivity contribution in [3.8, 4) is 0 Å². The summed E-state index contributed by atoms with van der Waals surface area (Å²) in [6.45, 7) is 0.722. The summed E-state index contributed by atoms with van der Waals surface area (Å²) >= 11 is 1.67. The largest absolute Gasteiger partial charge is 0.346 e. The zero-order valence-electron chi connectivity index (χ0n) is 10.5. The number of hydrogen-bond acceptors (Lipinski definition) is 4. The molecule has 0 bridgehead atoms. The number of halogens is 1. The Morgan fingerprint density at radius 3 is 2.95 bits per heavy atom. The van der Waals surface area contributed by atoms with Gasteiger partial charge >= 0.3 is 0 Å². The molecule has 1 unspecified atom stereocenters. The molecule has 7 heteroatoms. The molecule has 1 atom stereocenters. The quantitative estimate of drug-likeness (QED) is 0.868. The van der Waals surface area contributed by atoms with Crippen molar-refractivity contribution in [3.63, 3.8) is 0 Å². The molecule has 3 N–H and O–H groups in total. The van der Waals surface area contributed by atoms with Crippen molar-refractivity contribution in [2.75, 3.05) is 19.6 Å². The molecule has 1 aromatic heterocycles. The first kappa shape index (κ1) is 15.9. The first-order valence-corrected chi connectivity index (χ1v) is 6.90. The second-order valence-corrected chi connectivity index (χ2v) is 5.22. The van der Waals surface area contributed by atoms with Crippen LogP contribution in [0.15, 0.2) is 17.5 Å². The third-order valence-electron chi connectivity index (χ3n) is 3.07. The molecule has 0 aromatic carbocycles. The van der Waals surface area contributed by atoms with E-state index in [0.717, 1.165) is 19.4 Å². The van der Waals surface area contributed by atoms with Crippen LogP contribution < -0.4 is 11.1 Å². The number of rotatable bonds is 4. The van der Waals surface area contributed by atoms with Gasteiger partial charge in [-0.15, -0.1) is 23.7 Å². The van der Waals surface area contributed by atoms with Crippen LogP contribution in [0.5, 0.6) is 0 Å². The third kappa shape index (κ3) is 3.92. The summed E-state index contributed by atoms with van der Waals surface area (Å²) < 4.78 is 0. The van der Waals surface area contributed by atoms with Crippen molar-refractivity contribution in [1.29, 1.82) is 0 Å². The Kier molecular flexibility index (Phi) is 6.27. The minimum absolute atomic E-state index is 0. The summed E-state index contributed by atoms with van der Waals surface area (Å²) in [6.07, 6.45) is 2.01. The van der Waals surface area contributed by atoms with E-state index in [1.54, 1.807) is 11.3 Å². The SMILES string of the molecule is Cl.NCC(=O)NCC(=O)N1CCCC1c1cccs1. The summed E-state index contributed by atoms with van der Waals surface area (Å²) in [7, 11) is 0. The normalized spacial score (nSPS) is 17.9. The highest BCUT2D eigenvalue weighted by Gasteiger charge is 2.30. The van der Waals surface area contributed by atoms with Gasteiger partial charge in [-0.05, 0) is 24.3 Å². The molecule has 1 aliphatic heterocycles. The molecule has 5 nitrogen and oxygen atoms in total. The number of nitrogens with one attached hydrogen (secondary N) is 1. The number of carbonyl (C=O) groups excluding carboxylic acids is 2. The Bertz CT molecular complexity index is 425. The second kappa shape index (κ2) is 7.47. The van der Waals surface area contributed by atoms with Gasteiger partial charge in [0, 0.05) is 11.4 Å². The van der Waals surface area contributed by atoms with E-state index >= 15 is 0 Å². The lowest BCUT2D eigenvalue weighted by molar-refractivity contribution is -0.133. The van der Waals surface area contributed by atoms with E-state index in [1.807, 2.05) is 16.3 Å². The lowest BCUT2D eigenvalue weighted by atomic mass is 10.2. The maximum Gasteiger partial charge on any atom is 0.242 e. The number of hydrogen-bond donors (Lipinski definition) is 2. The number of nitrogens with zero attached hydrogens (tertiary/aromatic N) is 1. The molecule has 2 rings (SSSR count). The van der Waals surface area contributed by atoms with Crippen LogP contribution in [0.3, 0.4) is 0 Å². The van der Waals surface area contributed by atoms with Crippen LogP contribution in [-0.4, -0.2) is 36.3 Å². The van der Waals surface area contributed by atoms with Crippen LogP contribution in [0.4, 0.5) is 0 Å². The van der Waals surface area contributed by atoms with Gasteiger partial charge in [-0.1, -0.05) is 6.07 Å². The van der Waals surface area contributed by atoms with Gasteiger partial charge in [-0.3, -0.25) is 9.59 Å². The summed E-state index contributed by atoms with van der Waals surface area (Å²) in [5.74, 6) is -0.331. The van der Waals surface area contributed by atoms with Crippen molar-refractivity contribution in [1.82, 2.24) is 10.2 Å². The molecule has 19 heavy (non-hydrogen) atoms. The van der Waals surface area contributed by atoms with Crippen LogP contribution in [0.25, 0.3) is 0 Å². The molecule has 0 saturated carbocycles. The minimum atomic E-state index is -0.296. The Morgan fingerprint density at radius 2 is 2.32 bits per heavy atom. The standard InChI is InChI=1S/C12H17N3O2S.ClH/c13-7-11(16)14-8-12(17)15-5-1-3-9(15)10-4-2-6-18-10;/h2,4,6,9H,1,3,5,7-8,13H2,(H,14,16);1H. The van der Waals surface area contributed by atoms with E-state index in [-0.39, 0.29) is 43.4 Å². The van der Waals surface area contributed by atoms with E-state index in [2.05, 4.69) is 11.4 Å². The first-order valence-electron chi connectivity index (χ1n) is 6.02. The topological polar surface area (TPSA) is 75.4 Å². The molecule has 1 saturated heterocycles. The molecular weight excluding hydrogens is 286 g/mol. The van der Waals surface area contributed by atoms with Crippen LogP contribution >= 0.6 is 23.7 Å². The minimum Gasteiger partial charge on any atom is -0.346 e. The monoisotopic (exact) mass is 303 g/mol. The Morgan fingerprint density at radius 1 is 1.53 bits per heavy atom. The van der Waals surface area contributed by atoms with Gasteiger partial charge in [-0.2, -0.15) is 0 Å². The zero-order valence-corrected chi connectivity index (χ0v) is 12.1. The van der Waals surface area contributed by atoms with Gasteiger partial charge in [0.25, 0.3) is 0 Å². The Balaban J connectivity index is 0.00000180. The number of amides is 2. The second-order valence-electron chi connectivity index (χ2n) is 4.24. The fraction of sp³-hybridized carbons (Fsp3) is 0.500. The van der Waals surface area contributed by atoms with Crippen molar-refractivity contribution >= 4 is 35.6 Å². The summed E-state index contributed by atoms with van der Waals surface area (Å²) in [6, 6.07) is 4.23. The van der Waals surface area contributed by atoms with Crippen LogP contribution in [0.2, 0.25) is 0 Å². The zero-order chi connectivity index (χ0) is 13.0. The molecule has 0 aliphatic carbocycles. The molecule has 2 heterocycles. The lowest BCUT2D eigenvalue weighted by Gasteiger charge is -2.24. The highest BCUT2D eigenvalue weighted by Crippen LogP contribution is 2.34. The van der Waals surface area contributed by atoms with E-state index in [1.165, 1.54) is 4.88 Å². The van der Waals surface area contributed by atoms with Crippen molar-refractivity contribution in [2.24, 2.45) is 5.73 Å². The molecule has 1 aromatic rings. The average Bonchev–Trinajstić information content (AvgIpc) is 3.04. The van der Waals surface area contributed by atoms with Gasteiger partial charge in [0.15, 0.2) is 0 Å². The predicted molar refractivity (Wildman–Crippen MR) is 77.3 cm³/mol. The fourth-order valence-electron chi connectivity index (χ4n) is 2.19. The first-order chi connectivity index (χ1) is 8.72. The van der Waals surface area contributed by atoms with Gasteiger partial charge in [0.05, 0.1) is 19.1 Å². The molecular formula is C12H18ClN3O2S. The maximum atomic E-state index is 12.0. The average molecular weight is 304 g/mol. The molecule has 1 fully saturated rings. The fourth-order valence-corrected chi connectivity index (χ4v) is 3.06. The van der Waals surface area contributed by atoms with Gasteiger partial charge < -0.3 is 16.0 Å². The molecule has 2 amide bonds. The smallest absolute Gasteiger partial charge is 0.242 e. The molecule has 106 valence electrons. The van der Waals surface area contributed by atoms with Crippen LogP contribution in [0, 0.1) is 0 Å². The van der Waals surface area contributed by atoms with E-state index < -0.39 is 0 Å².